The predicted molar refractivity (Wildman–Crippen MR) is 39.3 cm³/mol. The SMILES string of the molecule is O=CC1=CCCN(Br)C1. The van der Waals surface area contributed by atoms with Gasteiger partial charge in [0.05, 0.1) is 0 Å². The summed E-state index contributed by atoms with van der Waals surface area (Å²) in [6.07, 6.45) is 3.86. The summed E-state index contributed by atoms with van der Waals surface area (Å²) >= 11 is 3.30. The maximum absolute atomic E-state index is 10.2. The van der Waals surface area contributed by atoms with Gasteiger partial charge in [0.1, 0.15) is 6.29 Å². The molecule has 0 bridgehead atoms. The van der Waals surface area contributed by atoms with E-state index in [-0.39, 0.29) is 0 Å². The summed E-state index contributed by atoms with van der Waals surface area (Å²) in [7, 11) is 0. The van der Waals surface area contributed by atoms with Crippen molar-refractivity contribution in [3.05, 3.63) is 11.6 Å². The lowest BCUT2D eigenvalue weighted by Crippen LogP contribution is -2.20. The van der Waals surface area contributed by atoms with Crippen molar-refractivity contribution in [2.24, 2.45) is 0 Å². The highest BCUT2D eigenvalue weighted by Gasteiger charge is 2.07. The van der Waals surface area contributed by atoms with E-state index >= 15 is 0 Å². The van der Waals surface area contributed by atoms with Crippen molar-refractivity contribution in [1.29, 1.82) is 0 Å². The normalized spacial score (nSPS) is 21.2. The number of hydrogen-bond acceptors (Lipinski definition) is 2. The van der Waals surface area contributed by atoms with Crippen molar-refractivity contribution in [3.63, 3.8) is 0 Å². The maximum Gasteiger partial charge on any atom is 0.147 e. The Hall–Kier alpha value is -0.150. The van der Waals surface area contributed by atoms with Gasteiger partial charge in [-0.05, 0) is 6.42 Å². The van der Waals surface area contributed by atoms with Crippen molar-refractivity contribution in [1.82, 2.24) is 3.93 Å². The van der Waals surface area contributed by atoms with Crippen LogP contribution in [0.4, 0.5) is 0 Å². The molecule has 0 aliphatic carbocycles. The smallest absolute Gasteiger partial charge is 0.147 e. The van der Waals surface area contributed by atoms with Gasteiger partial charge < -0.3 is 0 Å². The molecular weight excluding hydrogens is 182 g/mol. The van der Waals surface area contributed by atoms with E-state index in [2.05, 4.69) is 16.1 Å². The minimum absolute atomic E-state index is 0.740. The van der Waals surface area contributed by atoms with Gasteiger partial charge in [0.25, 0.3) is 0 Å². The molecule has 0 aromatic rings. The first-order chi connectivity index (χ1) is 4.33. The van der Waals surface area contributed by atoms with Crippen LogP contribution in [0.3, 0.4) is 0 Å². The van der Waals surface area contributed by atoms with Crippen molar-refractivity contribution in [2.75, 3.05) is 13.1 Å². The van der Waals surface area contributed by atoms with E-state index in [4.69, 9.17) is 0 Å². The van der Waals surface area contributed by atoms with Crippen LogP contribution in [0.1, 0.15) is 6.42 Å². The van der Waals surface area contributed by atoms with Gasteiger partial charge in [0.15, 0.2) is 0 Å². The van der Waals surface area contributed by atoms with Crippen molar-refractivity contribution < 1.29 is 4.79 Å². The molecule has 50 valence electrons. The van der Waals surface area contributed by atoms with Gasteiger partial charge in [-0.1, -0.05) is 6.08 Å². The molecule has 0 amide bonds. The molecule has 0 aromatic heterocycles. The largest absolute Gasteiger partial charge is 0.298 e. The molecule has 0 aromatic carbocycles. The van der Waals surface area contributed by atoms with Gasteiger partial charge in [-0.15, -0.1) is 0 Å². The number of carbonyl (C=O) groups excluding carboxylic acids is 1. The summed E-state index contributed by atoms with van der Waals surface area (Å²) in [5.41, 5.74) is 0.873. The van der Waals surface area contributed by atoms with Gasteiger partial charge in [-0.2, -0.15) is 0 Å². The highest BCUT2D eigenvalue weighted by molar-refractivity contribution is 9.07. The van der Waals surface area contributed by atoms with Crippen LogP contribution < -0.4 is 0 Å². The van der Waals surface area contributed by atoms with E-state index in [1.807, 2.05) is 10.0 Å². The Morgan fingerprint density at radius 1 is 1.78 bits per heavy atom. The monoisotopic (exact) mass is 189 g/mol. The zero-order valence-corrected chi connectivity index (χ0v) is 6.60. The molecule has 1 rings (SSSR count). The van der Waals surface area contributed by atoms with Crippen LogP contribution in [0.5, 0.6) is 0 Å². The molecule has 0 N–H and O–H groups in total. The fourth-order valence-electron chi connectivity index (χ4n) is 0.817. The lowest BCUT2D eigenvalue weighted by atomic mass is 10.2. The molecule has 2 nitrogen and oxygen atoms in total. The molecule has 0 radical (unpaired) electrons. The summed E-state index contributed by atoms with van der Waals surface area (Å²) < 4.78 is 1.96. The van der Waals surface area contributed by atoms with Crippen LogP contribution in [-0.2, 0) is 4.79 Å². The Labute approximate surface area is 62.9 Å². The van der Waals surface area contributed by atoms with E-state index in [1.165, 1.54) is 0 Å². The third-order valence-electron chi connectivity index (χ3n) is 1.28. The summed E-state index contributed by atoms with van der Waals surface area (Å²) in [4.78, 5) is 10.2. The lowest BCUT2D eigenvalue weighted by Gasteiger charge is -2.16. The van der Waals surface area contributed by atoms with Gasteiger partial charge in [-0.3, -0.25) is 4.79 Å². The Morgan fingerprint density at radius 3 is 3.00 bits per heavy atom. The van der Waals surface area contributed by atoms with E-state index < -0.39 is 0 Å². The van der Waals surface area contributed by atoms with E-state index in [0.717, 1.165) is 31.4 Å². The third-order valence-corrected chi connectivity index (χ3v) is 1.89. The first-order valence-corrected chi connectivity index (χ1v) is 3.59. The van der Waals surface area contributed by atoms with Crippen LogP contribution in [-0.4, -0.2) is 23.3 Å². The van der Waals surface area contributed by atoms with Crippen LogP contribution in [0.2, 0.25) is 0 Å². The van der Waals surface area contributed by atoms with Crippen molar-refractivity contribution >= 4 is 22.4 Å². The van der Waals surface area contributed by atoms with E-state index in [0.29, 0.717) is 0 Å². The van der Waals surface area contributed by atoms with E-state index in [1.54, 1.807) is 0 Å². The van der Waals surface area contributed by atoms with E-state index in [9.17, 15) is 4.79 Å². The van der Waals surface area contributed by atoms with Crippen LogP contribution in [0.15, 0.2) is 11.6 Å². The summed E-state index contributed by atoms with van der Waals surface area (Å²) in [5, 5.41) is 0. The quantitative estimate of drug-likeness (QED) is 0.456. The fourth-order valence-corrected chi connectivity index (χ4v) is 1.31. The zero-order chi connectivity index (χ0) is 6.69. The minimum atomic E-state index is 0.740. The van der Waals surface area contributed by atoms with Crippen LogP contribution in [0.25, 0.3) is 0 Å². The van der Waals surface area contributed by atoms with Crippen LogP contribution in [0, 0.1) is 0 Å². The van der Waals surface area contributed by atoms with Gasteiger partial charge in [0, 0.05) is 34.8 Å². The summed E-state index contributed by atoms with van der Waals surface area (Å²) in [6.45, 7) is 1.74. The second-order valence-corrected chi connectivity index (χ2v) is 3.03. The van der Waals surface area contributed by atoms with Gasteiger partial charge in [0.2, 0.25) is 0 Å². The molecule has 0 saturated heterocycles. The number of rotatable bonds is 1. The standard InChI is InChI=1S/C6H8BrNO/c7-8-3-1-2-6(4-8)5-9/h2,5H,1,3-4H2. The highest BCUT2D eigenvalue weighted by atomic mass is 79.9. The molecule has 0 unspecified atom stereocenters. The van der Waals surface area contributed by atoms with Crippen molar-refractivity contribution in [3.8, 4) is 0 Å². The second-order valence-electron chi connectivity index (χ2n) is 2.03. The molecule has 1 aliphatic rings. The minimum Gasteiger partial charge on any atom is -0.298 e. The zero-order valence-electron chi connectivity index (χ0n) is 5.01. The third kappa shape index (κ3) is 1.91. The number of hydrogen-bond donors (Lipinski definition) is 0. The second kappa shape index (κ2) is 3.13. The molecule has 0 fully saturated rings. The Morgan fingerprint density at radius 2 is 2.56 bits per heavy atom. The predicted octanol–water partition coefficient (Wildman–Crippen LogP) is 1.13. The lowest BCUT2D eigenvalue weighted by molar-refractivity contribution is -0.105. The maximum atomic E-state index is 10.2. The first kappa shape index (κ1) is 6.96. The number of nitrogens with zero attached hydrogens (tertiary/aromatic N) is 1. The van der Waals surface area contributed by atoms with Gasteiger partial charge in [-0.25, -0.2) is 3.93 Å². The molecule has 1 aliphatic heterocycles. The Balaban J connectivity index is 2.53. The number of carbonyl (C=O) groups is 1. The average Bonchev–Trinajstić information content (AvgIpc) is 1.88. The Bertz CT molecular complexity index is 144. The molecule has 0 atom stereocenters. The number of aldehydes is 1. The molecule has 0 saturated carbocycles. The molecule has 1 heterocycles. The molecular formula is C6H8BrNO. The van der Waals surface area contributed by atoms with Crippen LogP contribution >= 0.6 is 16.1 Å². The summed E-state index contributed by atoms with van der Waals surface area (Å²) in [6, 6.07) is 0. The first-order valence-electron chi connectivity index (χ1n) is 2.88. The number of halogens is 1. The topological polar surface area (TPSA) is 20.3 Å². The average molecular weight is 190 g/mol. The molecule has 0 spiro atoms. The summed E-state index contributed by atoms with van der Waals surface area (Å²) in [5.74, 6) is 0. The van der Waals surface area contributed by atoms with Gasteiger partial charge >= 0.3 is 0 Å². The van der Waals surface area contributed by atoms with Crippen molar-refractivity contribution in [2.45, 2.75) is 6.42 Å². The molecule has 9 heavy (non-hydrogen) atoms. The fraction of sp³-hybridized carbons (Fsp3) is 0.500. The highest BCUT2D eigenvalue weighted by Crippen LogP contribution is 2.10. The Kier molecular flexibility index (Phi) is 2.42. The molecule has 3 heteroatoms.